The summed E-state index contributed by atoms with van der Waals surface area (Å²) < 4.78 is 6.02. The number of methoxy groups -OCH3 is 1. The fraction of sp³-hybridized carbons (Fsp3) is 0.214. The zero-order chi connectivity index (χ0) is 27.1. The van der Waals surface area contributed by atoms with Crippen LogP contribution in [0.15, 0.2) is 98.8 Å². The number of anilines is 1. The molecule has 0 aromatic heterocycles. The number of hydrogen-bond donors (Lipinski definition) is 0. The van der Waals surface area contributed by atoms with Crippen LogP contribution < -0.4 is 9.64 Å². The van der Waals surface area contributed by atoms with Crippen molar-refractivity contribution in [2.75, 3.05) is 18.6 Å². The highest BCUT2D eigenvalue weighted by Gasteiger charge is 2.55. The van der Waals surface area contributed by atoms with Gasteiger partial charge in [-0.2, -0.15) is 10.2 Å². The molecule has 196 valence electrons. The Morgan fingerprint density at radius 1 is 1.00 bits per heavy atom. The fourth-order valence-electron chi connectivity index (χ4n) is 5.07. The van der Waals surface area contributed by atoms with Gasteiger partial charge in [-0.3, -0.25) is 19.4 Å². The molecule has 3 atom stereocenters. The number of ether oxygens (including phenoxy) is 1. The van der Waals surface area contributed by atoms with E-state index in [0.717, 1.165) is 26.2 Å². The molecule has 39 heavy (non-hydrogen) atoms. The van der Waals surface area contributed by atoms with E-state index < -0.39 is 23.9 Å². The minimum absolute atomic E-state index is 0.256. The predicted octanol–water partition coefficient (Wildman–Crippen LogP) is 4.13. The third-order valence-corrected chi connectivity index (χ3v) is 7.49. The first-order valence-electron chi connectivity index (χ1n) is 12.3. The maximum Gasteiger partial charge on any atom is 0.264 e. The lowest BCUT2D eigenvalue weighted by atomic mass is 9.98. The van der Waals surface area contributed by atoms with Gasteiger partial charge in [0.15, 0.2) is 12.1 Å². The maximum atomic E-state index is 13.7. The van der Waals surface area contributed by atoms with Crippen molar-refractivity contribution in [2.45, 2.75) is 24.5 Å². The zero-order valence-electron chi connectivity index (χ0n) is 20.8. The van der Waals surface area contributed by atoms with Crippen LogP contribution in [0.5, 0.6) is 5.75 Å². The van der Waals surface area contributed by atoms with Crippen molar-refractivity contribution in [3.05, 3.63) is 94.5 Å². The van der Waals surface area contributed by atoms with Crippen LogP contribution in [-0.4, -0.2) is 59.2 Å². The number of hydrogen-bond acceptors (Lipinski definition) is 8. The first kappa shape index (κ1) is 24.9. The largest absolute Gasteiger partial charge is 0.497 e. The zero-order valence-corrected chi connectivity index (χ0v) is 22.4. The minimum Gasteiger partial charge on any atom is -0.497 e. The van der Waals surface area contributed by atoms with Gasteiger partial charge in [0.05, 0.1) is 24.6 Å². The van der Waals surface area contributed by atoms with Crippen LogP contribution in [0.1, 0.15) is 23.6 Å². The second-order valence-corrected chi connectivity index (χ2v) is 10.2. The molecule has 3 aromatic carbocycles. The number of benzene rings is 3. The molecule has 0 aliphatic carbocycles. The Hall–Kier alpha value is -4.38. The molecular formula is C28H23BrN6O4. The summed E-state index contributed by atoms with van der Waals surface area (Å²) in [5.74, 6) is -0.588. The van der Waals surface area contributed by atoms with Crippen LogP contribution in [0.4, 0.5) is 5.69 Å². The van der Waals surface area contributed by atoms with Gasteiger partial charge < -0.3 is 4.74 Å². The quantitative estimate of drug-likeness (QED) is 0.404. The van der Waals surface area contributed by atoms with Crippen LogP contribution in [0.25, 0.3) is 0 Å². The molecule has 0 saturated carbocycles. The van der Waals surface area contributed by atoms with Crippen LogP contribution in [0.3, 0.4) is 0 Å². The van der Waals surface area contributed by atoms with Gasteiger partial charge in [-0.25, -0.2) is 9.91 Å². The molecule has 11 heteroatoms. The molecule has 3 amide bonds. The van der Waals surface area contributed by atoms with Crippen LogP contribution >= 0.6 is 15.9 Å². The summed E-state index contributed by atoms with van der Waals surface area (Å²) in [4.78, 5) is 41.2. The first-order chi connectivity index (χ1) is 18.9. The van der Waals surface area contributed by atoms with Gasteiger partial charge in [-0.1, -0.05) is 69.7 Å². The number of hydrazone groups is 1. The van der Waals surface area contributed by atoms with E-state index >= 15 is 0 Å². The summed E-state index contributed by atoms with van der Waals surface area (Å²) in [5, 5.41) is 15.5. The van der Waals surface area contributed by atoms with Crippen molar-refractivity contribution in [3.8, 4) is 5.75 Å². The molecule has 10 nitrogen and oxygen atoms in total. The van der Waals surface area contributed by atoms with Crippen molar-refractivity contribution >= 4 is 45.1 Å². The van der Waals surface area contributed by atoms with E-state index in [9.17, 15) is 14.4 Å². The second-order valence-electron chi connectivity index (χ2n) is 9.33. The number of carbonyl (C=O) groups is 3. The summed E-state index contributed by atoms with van der Waals surface area (Å²) in [5.41, 5.74) is 3.03. The number of carbonyl (C=O) groups excluding carboxylic acids is 3. The van der Waals surface area contributed by atoms with Crippen LogP contribution in [0, 0.1) is 0 Å². The Morgan fingerprint density at radius 2 is 1.77 bits per heavy atom. The smallest absolute Gasteiger partial charge is 0.264 e. The van der Waals surface area contributed by atoms with Crippen molar-refractivity contribution in [2.24, 2.45) is 15.4 Å². The molecule has 3 aliphatic rings. The molecule has 6 rings (SSSR count). The van der Waals surface area contributed by atoms with Gasteiger partial charge in [0.2, 0.25) is 0 Å². The number of fused-ring (bicyclic) bond motifs is 1. The summed E-state index contributed by atoms with van der Waals surface area (Å²) in [7, 11) is 1.60. The lowest BCUT2D eigenvalue weighted by molar-refractivity contribution is -0.135. The highest BCUT2D eigenvalue weighted by molar-refractivity contribution is 9.10. The van der Waals surface area contributed by atoms with Crippen molar-refractivity contribution in [1.29, 1.82) is 0 Å². The third-order valence-electron chi connectivity index (χ3n) is 7.00. The molecule has 0 spiro atoms. The SMILES string of the molecule is COc1ccc([C@H]2CC(c3ccccc3)=NN2C(=O)CN2N=N[C@@H]3C(=O)N(c4cccc(Br)c4)C(=O)[C@@H]32)cc1. The van der Waals surface area contributed by atoms with E-state index in [1.54, 1.807) is 31.4 Å². The lowest BCUT2D eigenvalue weighted by Gasteiger charge is -2.25. The van der Waals surface area contributed by atoms with E-state index in [1.807, 2.05) is 54.6 Å². The molecule has 0 unspecified atom stereocenters. The van der Waals surface area contributed by atoms with Gasteiger partial charge in [0.25, 0.3) is 17.7 Å². The predicted molar refractivity (Wildman–Crippen MR) is 146 cm³/mol. The Balaban J connectivity index is 1.26. The Kier molecular flexibility index (Phi) is 6.43. The fourth-order valence-corrected chi connectivity index (χ4v) is 5.45. The average molecular weight is 587 g/mol. The van der Waals surface area contributed by atoms with Crippen LogP contribution in [-0.2, 0) is 14.4 Å². The monoisotopic (exact) mass is 586 g/mol. The van der Waals surface area contributed by atoms with Gasteiger partial charge in [0.1, 0.15) is 12.3 Å². The number of halogens is 1. The second kappa shape index (κ2) is 10.1. The number of rotatable bonds is 6. The Morgan fingerprint density at radius 3 is 2.49 bits per heavy atom. The molecule has 1 saturated heterocycles. The molecule has 0 radical (unpaired) electrons. The lowest BCUT2D eigenvalue weighted by Crippen LogP contribution is -2.44. The number of amides is 3. The highest BCUT2D eigenvalue weighted by atomic mass is 79.9. The molecule has 3 aromatic rings. The van der Waals surface area contributed by atoms with Crippen molar-refractivity contribution in [3.63, 3.8) is 0 Å². The topological polar surface area (TPSA) is 107 Å². The van der Waals surface area contributed by atoms with Crippen molar-refractivity contribution in [1.82, 2.24) is 10.0 Å². The van der Waals surface area contributed by atoms with Crippen molar-refractivity contribution < 1.29 is 19.1 Å². The van der Waals surface area contributed by atoms with E-state index in [0.29, 0.717) is 17.9 Å². The van der Waals surface area contributed by atoms with Crippen LogP contribution in [0.2, 0.25) is 0 Å². The summed E-state index contributed by atoms with van der Waals surface area (Å²) in [6.45, 7) is -0.256. The van der Waals surface area contributed by atoms with Gasteiger partial charge in [-0.05, 0) is 41.5 Å². The van der Waals surface area contributed by atoms with E-state index in [1.165, 1.54) is 10.0 Å². The summed E-state index contributed by atoms with van der Waals surface area (Å²) in [6.07, 6.45) is 0.518. The molecular weight excluding hydrogens is 564 g/mol. The van der Waals surface area contributed by atoms with E-state index in [2.05, 4.69) is 26.3 Å². The normalized spacial score (nSPS) is 21.9. The molecule has 3 aliphatic heterocycles. The van der Waals surface area contributed by atoms with Gasteiger partial charge in [-0.15, -0.1) is 0 Å². The third kappa shape index (κ3) is 4.48. The minimum atomic E-state index is -0.997. The maximum absolute atomic E-state index is 13.7. The Labute approximate surface area is 232 Å². The summed E-state index contributed by atoms with van der Waals surface area (Å²) in [6, 6.07) is 21.8. The number of nitrogens with zero attached hydrogens (tertiary/aromatic N) is 6. The first-order valence-corrected chi connectivity index (χ1v) is 13.1. The van der Waals surface area contributed by atoms with E-state index in [-0.39, 0.29) is 18.5 Å². The standard InChI is InChI=1S/C28H23BrN6O4/c1-39-21-12-10-18(11-13-21)23-15-22(17-6-3-2-4-7-17)31-35(23)24(36)16-33-26-25(30-32-33)27(37)34(28(26)38)20-9-5-8-19(29)14-20/h2-14,23,25-26H,15-16H2,1H3/t23-,25+,26-/m1/s1. The van der Waals surface area contributed by atoms with Gasteiger partial charge in [0, 0.05) is 10.9 Å². The summed E-state index contributed by atoms with van der Waals surface area (Å²) >= 11 is 3.38. The van der Waals surface area contributed by atoms with E-state index in [4.69, 9.17) is 9.84 Å². The molecule has 0 bridgehead atoms. The average Bonchev–Trinajstić information content (AvgIpc) is 3.65. The number of imide groups is 1. The highest BCUT2D eigenvalue weighted by Crippen LogP contribution is 2.36. The molecule has 3 heterocycles. The van der Waals surface area contributed by atoms with Gasteiger partial charge >= 0.3 is 0 Å². The molecule has 0 N–H and O–H groups in total. The molecule has 1 fully saturated rings. The Bertz CT molecular complexity index is 1510.